The van der Waals surface area contributed by atoms with Crippen LogP contribution in [0.2, 0.25) is 5.02 Å². The number of pyridine rings is 1. The first-order chi connectivity index (χ1) is 17.2. The van der Waals surface area contributed by atoms with Crippen LogP contribution in [-0.2, 0) is 10.0 Å². The van der Waals surface area contributed by atoms with Crippen molar-refractivity contribution in [2.75, 3.05) is 24.1 Å². The molecule has 0 bridgehead atoms. The Morgan fingerprint density at radius 2 is 1.64 bits per heavy atom. The summed E-state index contributed by atoms with van der Waals surface area (Å²) in [6.07, 6.45) is 13.2. The molecule has 0 unspecified atom stereocenters. The molecule has 2 N–H and O–H groups in total. The fraction of sp³-hybridized carbons (Fsp3) is 0.320. The van der Waals surface area contributed by atoms with E-state index in [2.05, 4.69) is 44.0 Å². The van der Waals surface area contributed by atoms with E-state index in [1.165, 1.54) is 25.1 Å². The van der Waals surface area contributed by atoms with Crippen LogP contribution in [-0.4, -0.2) is 54.4 Å². The predicted octanol–water partition coefficient (Wildman–Crippen LogP) is 4.92. The fourth-order valence-corrected chi connectivity index (χ4v) is 5.60. The maximum Gasteiger partial charge on any atom is 0.264 e. The van der Waals surface area contributed by atoms with Crippen molar-refractivity contribution in [3.8, 4) is 0 Å². The molecule has 1 aliphatic carbocycles. The number of hydrogen-bond donors (Lipinski definition) is 2. The molecule has 190 valence electrons. The maximum absolute atomic E-state index is 13.2. The molecule has 0 atom stereocenters. The largest absolute Gasteiger partial charge is 0.351 e. The van der Waals surface area contributed by atoms with E-state index >= 15 is 0 Å². The Morgan fingerprint density at radius 1 is 0.972 bits per heavy atom. The molecular weight excluding hydrogens is 503 g/mol. The van der Waals surface area contributed by atoms with Gasteiger partial charge in [-0.2, -0.15) is 0 Å². The summed E-state index contributed by atoms with van der Waals surface area (Å²) in [5, 5.41) is 3.22. The number of halogens is 2. The predicted molar refractivity (Wildman–Crippen MR) is 141 cm³/mol. The van der Waals surface area contributed by atoms with Crippen LogP contribution in [0, 0.1) is 5.82 Å². The van der Waals surface area contributed by atoms with E-state index in [1.807, 2.05) is 12.2 Å². The van der Waals surface area contributed by atoms with Crippen LogP contribution < -0.4 is 10.0 Å². The highest BCUT2D eigenvalue weighted by Gasteiger charge is 2.22. The Bertz CT molecular complexity index is 1310. The van der Waals surface area contributed by atoms with Crippen molar-refractivity contribution in [3.05, 3.63) is 70.9 Å². The summed E-state index contributed by atoms with van der Waals surface area (Å²) in [7, 11) is 0.258. The smallest absolute Gasteiger partial charge is 0.264 e. The summed E-state index contributed by atoms with van der Waals surface area (Å²) in [4.78, 5) is 15.1. The lowest BCUT2D eigenvalue weighted by atomic mass is 9.91. The average Bonchev–Trinajstić information content (AvgIpc) is 2.84. The van der Waals surface area contributed by atoms with Crippen molar-refractivity contribution >= 4 is 45.5 Å². The fourth-order valence-electron chi connectivity index (χ4n) is 4.06. The average molecular weight is 531 g/mol. The molecule has 1 saturated carbocycles. The van der Waals surface area contributed by atoms with Crippen LogP contribution >= 0.6 is 11.6 Å². The number of sulfonamides is 1. The second-order valence-electron chi connectivity index (χ2n) is 8.94. The summed E-state index contributed by atoms with van der Waals surface area (Å²) in [6.45, 7) is 0. The van der Waals surface area contributed by atoms with Crippen molar-refractivity contribution in [1.82, 2.24) is 19.9 Å². The highest BCUT2D eigenvalue weighted by molar-refractivity contribution is 7.92. The molecule has 0 spiro atoms. The minimum Gasteiger partial charge on any atom is -0.351 e. The number of nitrogens with one attached hydrogen (secondary N) is 2. The number of nitrogens with zero attached hydrogens (tertiary/aromatic N) is 4. The Balaban J connectivity index is 1.32. The van der Waals surface area contributed by atoms with Gasteiger partial charge in [-0.25, -0.2) is 27.8 Å². The molecule has 36 heavy (non-hydrogen) atoms. The summed E-state index contributed by atoms with van der Waals surface area (Å²) in [6, 6.07) is 7.37. The highest BCUT2D eigenvalue weighted by atomic mass is 35.5. The molecular formula is C25H28ClFN6O2S. The van der Waals surface area contributed by atoms with Gasteiger partial charge in [-0.15, -0.1) is 0 Å². The highest BCUT2D eigenvalue weighted by Crippen LogP contribution is 2.25. The van der Waals surface area contributed by atoms with Gasteiger partial charge in [-0.1, -0.05) is 23.8 Å². The van der Waals surface area contributed by atoms with Crippen molar-refractivity contribution in [2.45, 2.75) is 42.7 Å². The standard InChI is InChI=1S/C25H28ClFN6O2S/c1-33(2)21-9-7-20(8-10-21)31-25-29-15-18(16-30-25)4-3-17-5-12-24(28-14-17)32-36(34,35)23-11-6-19(27)13-22(23)26/h3-6,11-16,20-21H,7-10H2,1-2H3,(H,28,32)(H,29,30,31)/b4-3+. The summed E-state index contributed by atoms with van der Waals surface area (Å²) < 4.78 is 40.6. The van der Waals surface area contributed by atoms with Crippen LogP contribution in [0.15, 0.2) is 53.8 Å². The second kappa shape index (κ2) is 11.3. The van der Waals surface area contributed by atoms with Gasteiger partial charge < -0.3 is 10.2 Å². The third-order valence-electron chi connectivity index (χ3n) is 6.11. The molecule has 8 nitrogen and oxygen atoms in total. The molecule has 0 amide bonds. The van der Waals surface area contributed by atoms with Gasteiger partial charge in [0.05, 0.1) is 5.02 Å². The normalized spacial score (nSPS) is 18.5. The maximum atomic E-state index is 13.2. The number of hydrogen-bond acceptors (Lipinski definition) is 7. The second-order valence-corrected chi connectivity index (χ2v) is 11.0. The molecule has 0 aliphatic heterocycles. The monoisotopic (exact) mass is 530 g/mol. The zero-order valence-corrected chi connectivity index (χ0v) is 21.6. The Morgan fingerprint density at radius 3 is 2.25 bits per heavy atom. The van der Waals surface area contributed by atoms with Gasteiger partial charge in [0.25, 0.3) is 10.0 Å². The SMILES string of the molecule is CN(C)C1CCC(Nc2ncc(/C=C/c3ccc(NS(=O)(=O)c4ccc(F)cc4Cl)nc3)cn2)CC1. The van der Waals surface area contributed by atoms with E-state index in [1.54, 1.807) is 18.5 Å². The van der Waals surface area contributed by atoms with Crippen LogP contribution in [0.3, 0.4) is 0 Å². The first-order valence-electron chi connectivity index (χ1n) is 11.6. The minimum absolute atomic E-state index is 0.117. The first kappa shape index (κ1) is 26.0. The van der Waals surface area contributed by atoms with Crippen molar-refractivity contribution in [2.24, 2.45) is 0 Å². The van der Waals surface area contributed by atoms with Gasteiger partial charge in [0, 0.05) is 36.2 Å². The molecule has 0 radical (unpaired) electrons. The van der Waals surface area contributed by atoms with Gasteiger partial charge in [-0.05, 0) is 75.7 Å². The zero-order valence-electron chi connectivity index (χ0n) is 20.0. The Kier molecular flexibility index (Phi) is 8.17. The van der Waals surface area contributed by atoms with Gasteiger partial charge >= 0.3 is 0 Å². The molecule has 1 fully saturated rings. The summed E-state index contributed by atoms with van der Waals surface area (Å²) >= 11 is 5.87. The van der Waals surface area contributed by atoms with Crippen molar-refractivity contribution in [3.63, 3.8) is 0 Å². The summed E-state index contributed by atoms with van der Waals surface area (Å²) in [5.74, 6) is 0.123. The number of benzene rings is 1. The van der Waals surface area contributed by atoms with Crippen LogP contribution in [0.25, 0.3) is 12.2 Å². The Hall–Kier alpha value is -3.08. The third-order valence-corrected chi connectivity index (χ3v) is 7.95. The van der Waals surface area contributed by atoms with Crippen LogP contribution in [0.1, 0.15) is 36.8 Å². The molecule has 4 rings (SSSR count). The topological polar surface area (TPSA) is 100 Å². The molecule has 2 aromatic heterocycles. The van der Waals surface area contributed by atoms with Gasteiger partial charge in [0.1, 0.15) is 16.5 Å². The lowest BCUT2D eigenvalue weighted by Gasteiger charge is -2.32. The lowest BCUT2D eigenvalue weighted by Crippen LogP contribution is -2.36. The first-order valence-corrected chi connectivity index (χ1v) is 13.4. The molecule has 1 aromatic carbocycles. The van der Waals surface area contributed by atoms with Gasteiger partial charge in [0.2, 0.25) is 5.95 Å². The van der Waals surface area contributed by atoms with E-state index in [0.29, 0.717) is 18.0 Å². The molecule has 1 aliphatic rings. The third kappa shape index (κ3) is 6.77. The Labute approximate surface area is 215 Å². The zero-order chi connectivity index (χ0) is 25.7. The van der Waals surface area contributed by atoms with Crippen molar-refractivity contribution < 1.29 is 12.8 Å². The molecule has 3 aromatic rings. The van der Waals surface area contributed by atoms with E-state index in [0.717, 1.165) is 42.2 Å². The quantitative estimate of drug-likeness (QED) is 0.426. The van der Waals surface area contributed by atoms with Gasteiger partial charge in [-0.3, -0.25) is 4.72 Å². The number of aromatic nitrogens is 3. The van der Waals surface area contributed by atoms with E-state index in [-0.39, 0.29) is 15.7 Å². The van der Waals surface area contributed by atoms with E-state index in [4.69, 9.17) is 11.6 Å². The van der Waals surface area contributed by atoms with Gasteiger partial charge in [0.15, 0.2) is 0 Å². The minimum atomic E-state index is -4.00. The molecule has 11 heteroatoms. The molecule has 2 heterocycles. The van der Waals surface area contributed by atoms with E-state index < -0.39 is 15.8 Å². The van der Waals surface area contributed by atoms with Crippen molar-refractivity contribution in [1.29, 1.82) is 0 Å². The number of anilines is 2. The van der Waals surface area contributed by atoms with Crippen LogP contribution in [0.4, 0.5) is 16.2 Å². The van der Waals surface area contributed by atoms with E-state index in [9.17, 15) is 12.8 Å². The lowest BCUT2D eigenvalue weighted by molar-refractivity contribution is 0.221. The number of rotatable bonds is 8. The molecule has 0 saturated heterocycles. The van der Waals surface area contributed by atoms with Crippen LogP contribution in [0.5, 0.6) is 0 Å². The summed E-state index contributed by atoms with van der Waals surface area (Å²) in [5.41, 5.74) is 1.59.